The van der Waals surface area contributed by atoms with Crippen molar-refractivity contribution in [1.82, 2.24) is 9.47 Å². The Morgan fingerprint density at radius 2 is 1.84 bits per heavy atom. The minimum Gasteiger partial charge on any atom is -0.507 e. The number of hydrogen-bond donors (Lipinski definition) is 1. The molecule has 0 bridgehead atoms. The molecular weight excluding hydrogens is 396 g/mol. The van der Waals surface area contributed by atoms with Crippen LogP contribution in [0.5, 0.6) is 11.5 Å². The van der Waals surface area contributed by atoms with Crippen molar-refractivity contribution < 1.29 is 19.4 Å². The summed E-state index contributed by atoms with van der Waals surface area (Å²) in [5, 5.41) is 10.8. The van der Waals surface area contributed by atoms with Crippen LogP contribution in [0.25, 0.3) is 0 Å². The van der Waals surface area contributed by atoms with E-state index in [1.807, 2.05) is 45.0 Å². The van der Waals surface area contributed by atoms with Crippen molar-refractivity contribution in [3.63, 3.8) is 0 Å². The highest BCUT2D eigenvalue weighted by atomic mass is 16.5. The molecule has 1 saturated heterocycles. The molecule has 0 saturated carbocycles. The first-order valence-electron chi connectivity index (χ1n) is 10.9. The quantitative estimate of drug-likeness (QED) is 0.682. The Labute approximate surface area is 183 Å². The van der Waals surface area contributed by atoms with Crippen molar-refractivity contribution in [2.45, 2.75) is 46.2 Å². The Bertz CT molecular complexity index is 959. The van der Waals surface area contributed by atoms with Crippen LogP contribution in [0.1, 0.15) is 49.6 Å². The predicted octanol–water partition coefficient (Wildman–Crippen LogP) is 3.26. The lowest BCUT2D eigenvalue weighted by Crippen LogP contribution is -2.42. The van der Waals surface area contributed by atoms with Gasteiger partial charge in [0.1, 0.15) is 11.5 Å². The largest absolute Gasteiger partial charge is 0.507 e. The minimum absolute atomic E-state index is 0.000495. The first kappa shape index (κ1) is 22.9. The van der Waals surface area contributed by atoms with Crippen molar-refractivity contribution in [2.24, 2.45) is 5.92 Å². The first-order chi connectivity index (χ1) is 14.9. The van der Waals surface area contributed by atoms with Crippen LogP contribution in [0.2, 0.25) is 0 Å². The summed E-state index contributed by atoms with van der Waals surface area (Å²) in [4.78, 5) is 27.7. The third-order valence-electron chi connectivity index (χ3n) is 6.06. The maximum Gasteiger partial charge on any atom is 0.309 e. The van der Waals surface area contributed by atoms with E-state index in [0.29, 0.717) is 44.6 Å². The van der Waals surface area contributed by atoms with Gasteiger partial charge in [-0.25, -0.2) is 0 Å². The zero-order chi connectivity index (χ0) is 22.5. The van der Waals surface area contributed by atoms with Crippen LogP contribution in [-0.2, 0) is 16.1 Å². The number of nitrogens with zero attached hydrogens (tertiary/aromatic N) is 2. The van der Waals surface area contributed by atoms with Gasteiger partial charge in [-0.1, -0.05) is 12.1 Å². The molecule has 1 aliphatic rings. The number of ether oxygens (including phenoxy) is 2. The number of pyridine rings is 1. The molecule has 1 N–H and O–H groups in total. The summed E-state index contributed by atoms with van der Waals surface area (Å²) in [6.07, 6.45) is 1.31. The van der Waals surface area contributed by atoms with Gasteiger partial charge in [0.25, 0.3) is 5.56 Å². The van der Waals surface area contributed by atoms with Crippen molar-refractivity contribution in [3.05, 3.63) is 57.5 Å². The summed E-state index contributed by atoms with van der Waals surface area (Å²) in [6.45, 7) is 7.70. The van der Waals surface area contributed by atoms with Crippen LogP contribution in [0.4, 0.5) is 0 Å². The van der Waals surface area contributed by atoms with Gasteiger partial charge < -0.3 is 19.1 Å². The maximum atomic E-state index is 13.4. The average Bonchev–Trinajstić information content (AvgIpc) is 2.77. The van der Waals surface area contributed by atoms with E-state index in [-0.39, 0.29) is 23.2 Å². The number of esters is 1. The van der Waals surface area contributed by atoms with Gasteiger partial charge in [0.2, 0.25) is 0 Å². The SMILES string of the molecule is CCOC(=O)C1CCN([C@@H](c2ccc(OC)cc2)c2c(O)cc(C)n(CC)c2=O)CC1. The van der Waals surface area contributed by atoms with Gasteiger partial charge >= 0.3 is 5.97 Å². The molecule has 1 aliphatic heterocycles. The van der Waals surface area contributed by atoms with Crippen LogP contribution < -0.4 is 10.3 Å². The number of carbonyl (C=O) groups excluding carboxylic acids is 1. The van der Waals surface area contributed by atoms with Crippen molar-refractivity contribution >= 4 is 5.97 Å². The predicted molar refractivity (Wildman–Crippen MR) is 119 cm³/mol. The number of hydrogen-bond acceptors (Lipinski definition) is 6. The molecule has 7 heteroatoms. The average molecular weight is 429 g/mol. The second-order valence-electron chi connectivity index (χ2n) is 7.87. The summed E-state index contributed by atoms with van der Waals surface area (Å²) < 4.78 is 12.1. The van der Waals surface area contributed by atoms with Crippen molar-refractivity contribution in [2.75, 3.05) is 26.8 Å². The Morgan fingerprint density at radius 1 is 1.19 bits per heavy atom. The lowest BCUT2D eigenvalue weighted by Gasteiger charge is -2.37. The Kier molecular flexibility index (Phi) is 7.38. The second kappa shape index (κ2) is 10.0. The number of aromatic hydroxyl groups is 1. The summed E-state index contributed by atoms with van der Waals surface area (Å²) >= 11 is 0. The van der Waals surface area contributed by atoms with Crippen LogP contribution >= 0.6 is 0 Å². The van der Waals surface area contributed by atoms with Crippen molar-refractivity contribution in [1.29, 1.82) is 0 Å². The van der Waals surface area contributed by atoms with E-state index in [0.717, 1.165) is 17.0 Å². The molecule has 0 aliphatic carbocycles. The lowest BCUT2D eigenvalue weighted by atomic mass is 9.91. The number of aromatic nitrogens is 1. The molecule has 0 radical (unpaired) electrons. The lowest BCUT2D eigenvalue weighted by molar-refractivity contribution is -0.149. The molecule has 0 unspecified atom stereocenters. The Hall–Kier alpha value is -2.80. The minimum atomic E-state index is -0.417. The highest BCUT2D eigenvalue weighted by Crippen LogP contribution is 2.36. The van der Waals surface area contributed by atoms with Crippen molar-refractivity contribution in [3.8, 4) is 11.5 Å². The van der Waals surface area contributed by atoms with Gasteiger partial charge in [0, 0.05) is 12.2 Å². The van der Waals surface area contributed by atoms with E-state index in [1.165, 1.54) is 0 Å². The zero-order valence-electron chi connectivity index (χ0n) is 18.8. The molecule has 2 aromatic rings. The van der Waals surface area contributed by atoms with E-state index < -0.39 is 6.04 Å². The second-order valence-corrected chi connectivity index (χ2v) is 7.87. The summed E-state index contributed by atoms with van der Waals surface area (Å²) in [5.74, 6) is 0.435. The normalized spacial score (nSPS) is 16.1. The fourth-order valence-electron chi connectivity index (χ4n) is 4.42. The molecule has 1 aromatic heterocycles. The molecule has 0 spiro atoms. The van der Waals surface area contributed by atoms with E-state index in [9.17, 15) is 14.7 Å². The van der Waals surface area contributed by atoms with Gasteiger partial charge in [0.05, 0.1) is 31.2 Å². The topological polar surface area (TPSA) is 81.0 Å². The standard InChI is InChI=1S/C24H32N2O5/c1-5-26-16(3)15-20(27)21(23(26)28)22(17-7-9-19(30-4)10-8-17)25-13-11-18(12-14-25)24(29)31-6-2/h7-10,15,18,22,27H,5-6,11-14H2,1-4H3/t22-/m0/s1. The van der Waals surface area contributed by atoms with E-state index in [4.69, 9.17) is 9.47 Å². The van der Waals surface area contributed by atoms with E-state index in [1.54, 1.807) is 17.7 Å². The Morgan fingerprint density at radius 3 is 2.39 bits per heavy atom. The number of benzene rings is 1. The van der Waals surface area contributed by atoms with Crippen LogP contribution in [-0.4, -0.2) is 47.3 Å². The summed E-state index contributed by atoms with van der Waals surface area (Å²) in [5.41, 5.74) is 1.80. The molecular formula is C24H32N2O5. The number of likely N-dealkylation sites (tertiary alicyclic amines) is 1. The monoisotopic (exact) mass is 428 g/mol. The number of methoxy groups -OCH3 is 1. The Balaban J connectivity index is 2.02. The van der Waals surface area contributed by atoms with Gasteiger partial charge in [-0.2, -0.15) is 0 Å². The first-order valence-corrected chi connectivity index (χ1v) is 10.9. The molecule has 168 valence electrons. The van der Waals surface area contributed by atoms with Gasteiger partial charge in [-0.3, -0.25) is 14.5 Å². The van der Waals surface area contributed by atoms with Gasteiger partial charge in [-0.05, 0) is 70.5 Å². The molecule has 31 heavy (non-hydrogen) atoms. The third-order valence-corrected chi connectivity index (χ3v) is 6.06. The molecule has 7 nitrogen and oxygen atoms in total. The van der Waals surface area contributed by atoms with Crippen LogP contribution in [0.3, 0.4) is 0 Å². The molecule has 2 heterocycles. The van der Waals surface area contributed by atoms with Gasteiger partial charge in [0.15, 0.2) is 0 Å². The van der Waals surface area contributed by atoms with Crippen LogP contribution in [0, 0.1) is 12.8 Å². The highest BCUT2D eigenvalue weighted by Gasteiger charge is 2.34. The maximum absolute atomic E-state index is 13.4. The fraction of sp³-hybridized carbons (Fsp3) is 0.500. The third kappa shape index (κ3) is 4.77. The molecule has 1 atom stereocenters. The number of aryl methyl sites for hydroxylation is 1. The number of carbonyl (C=O) groups is 1. The number of rotatable bonds is 7. The molecule has 1 fully saturated rings. The summed E-state index contributed by atoms with van der Waals surface area (Å²) in [6, 6.07) is 8.81. The van der Waals surface area contributed by atoms with Gasteiger partial charge in [-0.15, -0.1) is 0 Å². The number of piperidine rings is 1. The zero-order valence-corrected chi connectivity index (χ0v) is 18.8. The highest BCUT2D eigenvalue weighted by molar-refractivity contribution is 5.72. The van der Waals surface area contributed by atoms with Crippen LogP contribution in [0.15, 0.2) is 35.1 Å². The molecule has 0 amide bonds. The summed E-state index contributed by atoms with van der Waals surface area (Å²) in [7, 11) is 1.61. The fourth-order valence-corrected chi connectivity index (χ4v) is 4.42. The van der Waals surface area contributed by atoms with E-state index in [2.05, 4.69) is 4.90 Å². The smallest absolute Gasteiger partial charge is 0.309 e. The molecule has 1 aromatic carbocycles. The van der Waals surface area contributed by atoms with E-state index >= 15 is 0 Å². The molecule has 3 rings (SSSR count).